The summed E-state index contributed by atoms with van der Waals surface area (Å²) in [5.41, 5.74) is 4.98. The Bertz CT molecular complexity index is 313. The Balaban J connectivity index is 3.07. The lowest BCUT2D eigenvalue weighted by molar-refractivity contribution is -0.153. The summed E-state index contributed by atoms with van der Waals surface area (Å²) >= 11 is 0. The fourth-order valence-electron chi connectivity index (χ4n) is 3.60. The quantitative estimate of drug-likeness (QED) is 0.801. The highest BCUT2D eigenvalue weighted by atomic mass is 16.3. The topological polar surface area (TPSA) is 66.6 Å². The summed E-state index contributed by atoms with van der Waals surface area (Å²) in [6.07, 6.45) is 2.15. The molecule has 1 aliphatic heterocycles. The molecule has 1 heterocycles. The second-order valence-electron chi connectivity index (χ2n) is 6.62. The third-order valence-corrected chi connectivity index (χ3v) is 4.32. The van der Waals surface area contributed by atoms with E-state index in [1.807, 2.05) is 13.8 Å². The number of nitrogens with zero attached hydrogens (tertiary/aromatic N) is 1. The van der Waals surface area contributed by atoms with E-state index >= 15 is 0 Å². The maximum atomic E-state index is 11.6. The van der Waals surface area contributed by atoms with Crippen molar-refractivity contribution in [1.29, 1.82) is 0 Å². The van der Waals surface area contributed by atoms with Gasteiger partial charge in [-0.1, -0.05) is 13.3 Å². The maximum Gasteiger partial charge on any atom is 0.225 e. The number of piperidine rings is 1. The van der Waals surface area contributed by atoms with E-state index < -0.39 is 23.5 Å². The molecule has 2 atom stereocenters. The summed E-state index contributed by atoms with van der Waals surface area (Å²) in [4.78, 5) is 14.0. The van der Waals surface area contributed by atoms with E-state index in [4.69, 9.17) is 5.73 Å². The number of aliphatic hydroxyl groups excluding tert-OH is 1. The van der Waals surface area contributed by atoms with Crippen LogP contribution in [-0.4, -0.2) is 39.6 Å². The Kier molecular flexibility index (Phi) is 4.44. The molecule has 0 spiro atoms. The summed E-state index contributed by atoms with van der Waals surface area (Å²) < 4.78 is 0. The first kappa shape index (κ1) is 15.4. The van der Waals surface area contributed by atoms with Crippen LogP contribution in [0.3, 0.4) is 0 Å². The zero-order valence-corrected chi connectivity index (χ0v) is 12.4. The number of carbonyl (C=O) groups excluding carboxylic acids is 1. The van der Waals surface area contributed by atoms with Crippen LogP contribution >= 0.6 is 0 Å². The van der Waals surface area contributed by atoms with Crippen LogP contribution in [0, 0.1) is 5.92 Å². The average molecular weight is 256 g/mol. The molecule has 1 saturated heterocycles. The molecule has 0 aromatic heterocycles. The molecule has 18 heavy (non-hydrogen) atoms. The van der Waals surface area contributed by atoms with E-state index in [1.54, 1.807) is 0 Å². The van der Waals surface area contributed by atoms with Crippen molar-refractivity contribution >= 4 is 5.91 Å². The number of aliphatic hydroxyl groups is 1. The number of primary amides is 1. The average Bonchev–Trinajstić information content (AvgIpc) is 2.13. The lowest BCUT2D eigenvalue weighted by Crippen LogP contribution is -2.68. The van der Waals surface area contributed by atoms with E-state index in [2.05, 4.69) is 25.7 Å². The first-order valence-electron chi connectivity index (χ1n) is 6.89. The Morgan fingerprint density at radius 3 is 2.39 bits per heavy atom. The van der Waals surface area contributed by atoms with E-state index in [-0.39, 0.29) is 5.54 Å². The molecule has 0 radical (unpaired) electrons. The largest absolute Gasteiger partial charge is 0.392 e. The zero-order chi connectivity index (χ0) is 14.1. The molecule has 0 aromatic carbocycles. The highest BCUT2D eigenvalue weighted by Crippen LogP contribution is 2.42. The second kappa shape index (κ2) is 5.17. The van der Waals surface area contributed by atoms with Gasteiger partial charge in [0.2, 0.25) is 5.91 Å². The molecule has 3 N–H and O–H groups in total. The van der Waals surface area contributed by atoms with Gasteiger partial charge in [0, 0.05) is 11.1 Å². The summed E-state index contributed by atoms with van der Waals surface area (Å²) in [5, 5.41) is 10.2. The minimum absolute atomic E-state index is 0.107. The molecular formula is C14H28N2O2. The predicted octanol–water partition coefficient (Wildman–Crippen LogP) is 1.51. The van der Waals surface area contributed by atoms with Crippen molar-refractivity contribution in [2.24, 2.45) is 11.7 Å². The third-order valence-electron chi connectivity index (χ3n) is 4.32. The zero-order valence-electron chi connectivity index (χ0n) is 12.4. The van der Waals surface area contributed by atoms with Crippen LogP contribution in [0.25, 0.3) is 0 Å². The van der Waals surface area contributed by atoms with E-state index in [0.29, 0.717) is 6.42 Å². The van der Waals surface area contributed by atoms with Gasteiger partial charge in [-0.15, -0.1) is 0 Å². The fraction of sp³-hybridized carbons (Fsp3) is 0.929. The lowest BCUT2D eigenvalue weighted by atomic mass is 9.70. The van der Waals surface area contributed by atoms with Crippen LogP contribution in [-0.2, 0) is 4.79 Å². The molecule has 1 rings (SSSR count). The van der Waals surface area contributed by atoms with Gasteiger partial charge in [-0.2, -0.15) is 0 Å². The molecule has 4 nitrogen and oxygen atoms in total. The standard InChI is InChI=1S/C14H28N2O2/c1-6-7-8-16-13(2,3)9-10(17)11(12(15)18)14(16,4)5/h10-11,17H,6-9H2,1-5H3,(H2,15,18). The van der Waals surface area contributed by atoms with Gasteiger partial charge in [-0.05, 0) is 47.1 Å². The SMILES string of the molecule is CCCCN1C(C)(C)CC(O)C(C(N)=O)C1(C)C. The van der Waals surface area contributed by atoms with Crippen LogP contribution in [0.15, 0.2) is 0 Å². The Hall–Kier alpha value is -0.610. The smallest absolute Gasteiger partial charge is 0.225 e. The summed E-state index contributed by atoms with van der Waals surface area (Å²) in [7, 11) is 0. The second-order valence-corrected chi connectivity index (χ2v) is 6.62. The molecule has 0 aliphatic carbocycles. The van der Waals surface area contributed by atoms with Crippen LogP contribution in [0.4, 0.5) is 0 Å². The van der Waals surface area contributed by atoms with Gasteiger partial charge in [0.05, 0.1) is 12.0 Å². The highest BCUT2D eigenvalue weighted by molar-refractivity contribution is 5.79. The van der Waals surface area contributed by atoms with Gasteiger partial charge in [-0.25, -0.2) is 0 Å². The number of carbonyl (C=O) groups is 1. The molecule has 0 saturated carbocycles. The maximum absolute atomic E-state index is 11.6. The summed E-state index contributed by atoms with van der Waals surface area (Å²) in [6.45, 7) is 11.4. The molecule has 2 unspecified atom stereocenters. The van der Waals surface area contributed by atoms with Gasteiger partial charge >= 0.3 is 0 Å². The third kappa shape index (κ3) is 2.69. The Labute approximate surface area is 111 Å². The van der Waals surface area contributed by atoms with Gasteiger partial charge in [0.25, 0.3) is 0 Å². The number of unbranched alkanes of at least 4 members (excludes halogenated alkanes) is 1. The molecule has 0 bridgehead atoms. The number of hydrogen-bond donors (Lipinski definition) is 2. The van der Waals surface area contributed by atoms with Gasteiger partial charge in [0.15, 0.2) is 0 Å². The molecule has 0 aromatic rings. The van der Waals surface area contributed by atoms with Gasteiger partial charge < -0.3 is 10.8 Å². The van der Waals surface area contributed by atoms with Crippen molar-refractivity contribution in [2.45, 2.75) is 71.1 Å². The van der Waals surface area contributed by atoms with Crippen molar-refractivity contribution in [3.63, 3.8) is 0 Å². The van der Waals surface area contributed by atoms with Crippen molar-refractivity contribution in [2.75, 3.05) is 6.54 Å². The minimum atomic E-state index is -0.648. The molecular weight excluding hydrogens is 228 g/mol. The van der Waals surface area contributed by atoms with E-state index in [1.165, 1.54) is 0 Å². The number of hydrogen-bond acceptors (Lipinski definition) is 3. The van der Waals surface area contributed by atoms with Crippen LogP contribution in [0.1, 0.15) is 53.9 Å². The monoisotopic (exact) mass is 256 g/mol. The molecule has 4 heteroatoms. The predicted molar refractivity (Wildman–Crippen MR) is 73.1 cm³/mol. The van der Waals surface area contributed by atoms with E-state index in [9.17, 15) is 9.90 Å². The number of nitrogens with two attached hydrogens (primary N) is 1. The summed E-state index contributed by atoms with van der Waals surface area (Å²) in [5.74, 6) is -0.896. The first-order valence-corrected chi connectivity index (χ1v) is 6.89. The van der Waals surface area contributed by atoms with Crippen LogP contribution in [0.2, 0.25) is 0 Å². The number of amides is 1. The number of rotatable bonds is 4. The Morgan fingerprint density at radius 2 is 1.94 bits per heavy atom. The van der Waals surface area contributed by atoms with Crippen molar-refractivity contribution < 1.29 is 9.90 Å². The van der Waals surface area contributed by atoms with Gasteiger partial charge in [0.1, 0.15) is 0 Å². The Morgan fingerprint density at radius 1 is 1.39 bits per heavy atom. The minimum Gasteiger partial charge on any atom is -0.392 e. The van der Waals surface area contributed by atoms with Gasteiger partial charge in [-0.3, -0.25) is 9.69 Å². The summed E-state index contributed by atoms with van der Waals surface area (Å²) in [6, 6.07) is 0. The first-order chi connectivity index (χ1) is 8.14. The lowest BCUT2D eigenvalue weighted by Gasteiger charge is -2.57. The number of likely N-dealkylation sites (tertiary alicyclic amines) is 1. The van der Waals surface area contributed by atoms with E-state index in [0.717, 1.165) is 19.4 Å². The van der Waals surface area contributed by atoms with Crippen LogP contribution < -0.4 is 5.73 Å². The molecule has 106 valence electrons. The normalized spacial score (nSPS) is 31.2. The molecule has 1 aliphatic rings. The fourth-order valence-corrected chi connectivity index (χ4v) is 3.60. The van der Waals surface area contributed by atoms with Crippen molar-refractivity contribution in [1.82, 2.24) is 4.90 Å². The van der Waals surface area contributed by atoms with Crippen molar-refractivity contribution in [3.05, 3.63) is 0 Å². The molecule has 1 fully saturated rings. The molecule has 1 amide bonds. The van der Waals surface area contributed by atoms with Crippen LogP contribution in [0.5, 0.6) is 0 Å². The van der Waals surface area contributed by atoms with Crippen molar-refractivity contribution in [3.8, 4) is 0 Å². The highest BCUT2D eigenvalue weighted by Gasteiger charge is 2.53.